The number of carboxylic acid groups (broad SMARTS) is 1. The summed E-state index contributed by atoms with van der Waals surface area (Å²) < 4.78 is 15.3. The van der Waals surface area contributed by atoms with Crippen LogP contribution >= 0.6 is 122 Å². The molecule has 2 unspecified atom stereocenters. The molecule has 69 heavy (non-hydrogen) atoms. The van der Waals surface area contributed by atoms with E-state index in [-0.39, 0.29) is 80.9 Å². The van der Waals surface area contributed by atoms with E-state index in [4.69, 9.17) is 77.3 Å². The normalized spacial score (nSPS) is 13.4. The van der Waals surface area contributed by atoms with Crippen LogP contribution in [0, 0.1) is 7.43 Å². The fourth-order valence-corrected chi connectivity index (χ4v) is 8.69. The number of halogens is 10. The smallest absolute Gasteiger partial charge is 1.00 e. The van der Waals surface area contributed by atoms with Gasteiger partial charge in [0.2, 0.25) is 0 Å². The Labute approximate surface area is 490 Å². The minimum Gasteiger partial charge on any atom is -1.00 e. The van der Waals surface area contributed by atoms with Crippen LogP contribution in [0.5, 0.6) is 0 Å². The van der Waals surface area contributed by atoms with Crippen LogP contribution in [0.4, 0.5) is 0 Å². The molecule has 1 heterocycles. The van der Waals surface area contributed by atoms with Gasteiger partial charge < -0.3 is 49.0 Å². The van der Waals surface area contributed by atoms with Crippen molar-refractivity contribution < 1.29 is 60.8 Å². The fraction of sp³-hybridized carbons (Fsp3) is 0.277. The van der Waals surface area contributed by atoms with Crippen LogP contribution in [-0.2, 0) is 14.1 Å². The maximum atomic E-state index is 11.6. The van der Waals surface area contributed by atoms with Gasteiger partial charge in [-0.05, 0) is 138 Å². The summed E-state index contributed by atoms with van der Waals surface area (Å²) in [5.41, 5.74) is 2.70. The van der Waals surface area contributed by atoms with Crippen LogP contribution in [0.15, 0.2) is 109 Å². The number of hydrogen-bond acceptors (Lipinski definition) is 8. The predicted octanol–water partition coefficient (Wildman–Crippen LogP) is 11.8. The van der Waals surface area contributed by atoms with Gasteiger partial charge >= 0.3 is 36.1 Å². The number of aliphatic hydroxyl groups is 2. The molecule has 0 radical (unpaired) electrons. The van der Waals surface area contributed by atoms with Crippen LogP contribution < -0.4 is 22.4 Å². The molecule has 10 nitrogen and oxygen atoms in total. The van der Waals surface area contributed by atoms with Crippen molar-refractivity contribution >= 4 is 175 Å². The number of aliphatic hydroxyl groups excluding tert-OH is 2. The first kappa shape index (κ1) is 70.3. The summed E-state index contributed by atoms with van der Waals surface area (Å²) in [4.78, 5) is 37.7. The molecule has 22 heteroatoms. The maximum Gasteiger partial charge on any atom is 2.00 e. The Balaban J connectivity index is 0. The molecule has 1 saturated heterocycles. The molecule has 5 aromatic carbocycles. The average molecular weight is 1380 g/mol. The Morgan fingerprint density at radius 3 is 1.28 bits per heavy atom. The van der Waals surface area contributed by atoms with Gasteiger partial charge in [0, 0.05) is 40.5 Å². The molecular formula is C47H50BBr5Cl5MgNO9. The number of rotatable bonds is 7. The summed E-state index contributed by atoms with van der Waals surface area (Å²) in [7, 11) is 2.52. The number of carboxylic acids is 1. The first-order valence-electron chi connectivity index (χ1n) is 19.4. The van der Waals surface area contributed by atoms with E-state index in [1.54, 1.807) is 80.6 Å². The van der Waals surface area contributed by atoms with E-state index in [2.05, 4.69) is 63.7 Å². The second-order valence-corrected chi connectivity index (χ2v) is 20.8. The summed E-state index contributed by atoms with van der Waals surface area (Å²) in [6.45, 7) is 12.9. The standard InChI is InChI=1S/C14H20BClO3.C9H9BrClNO2.C8H8BrClO.C8H6BrClO.C7H4BrClO2.CH3.BrH.Mg/c1-9(17)11-7-6-10(8-12(11)16)15-18-13(2,3)14(4,5)19-15;1-12(14-2)9(13)7-4-3-6(10)5-8(7)11;2*1-5(11)7-3-2-6(9)4-8(7)10;8-4-1-2-5(7(10)11)6(9)3-4;;;/h6-9,17H,1-5H3;3-5H,1-2H3;2-5,11H,1H3;2-4H,1H3;1-3H,(H,10,11);1H3;1H;/q;;;;;-1;;+2/p-1. The molecule has 1 fully saturated rings. The van der Waals surface area contributed by atoms with Crippen LogP contribution in [0.2, 0.25) is 25.1 Å². The summed E-state index contributed by atoms with van der Waals surface area (Å²) in [5, 5.41) is 30.7. The Kier molecular flexibility index (Phi) is 33.1. The quantitative estimate of drug-likeness (QED) is 0.0628. The molecule has 0 aromatic heterocycles. The van der Waals surface area contributed by atoms with Gasteiger partial charge in [0.25, 0.3) is 5.91 Å². The van der Waals surface area contributed by atoms with E-state index >= 15 is 0 Å². The molecule has 0 spiro atoms. The van der Waals surface area contributed by atoms with E-state index in [1.807, 2.05) is 45.9 Å². The van der Waals surface area contributed by atoms with Gasteiger partial charge in [-0.3, -0.25) is 14.4 Å². The van der Waals surface area contributed by atoms with Gasteiger partial charge in [-0.1, -0.05) is 140 Å². The van der Waals surface area contributed by atoms with Crippen molar-refractivity contribution in [2.45, 2.75) is 71.9 Å². The molecule has 0 aliphatic carbocycles. The topological polar surface area (TPSA) is 143 Å². The number of hydroxylamine groups is 2. The number of hydrogen-bond donors (Lipinski definition) is 3. The number of carbonyl (C=O) groups excluding carboxylic acids is 2. The van der Waals surface area contributed by atoms with Gasteiger partial charge in [0.15, 0.2) is 5.78 Å². The van der Waals surface area contributed by atoms with Crippen molar-refractivity contribution in [2.75, 3.05) is 14.2 Å². The average Bonchev–Trinajstić information content (AvgIpc) is 3.43. The minimum absolute atomic E-state index is 0. The van der Waals surface area contributed by atoms with Gasteiger partial charge in [0.05, 0.1) is 56.7 Å². The van der Waals surface area contributed by atoms with Crippen LogP contribution in [0.3, 0.4) is 0 Å². The van der Waals surface area contributed by atoms with Crippen molar-refractivity contribution in [3.63, 3.8) is 0 Å². The third kappa shape index (κ3) is 22.3. The van der Waals surface area contributed by atoms with Gasteiger partial charge in [-0.2, -0.15) is 0 Å². The molecule has 372 valence electrons. The molecule has 1 aliphatic rings. The number of ketones is 1. The molecular weight excluding hydrogens is 1330 g/mol. The first-order chi connectivity index (χ1) is 30.5. The second-order valence-electron chi connectivity index (χ2n) is 15.1. The molecule has 2 atom stereocenters. The zero-order valence-electron chi connectivity index (χ0n) is 39.1. The summed E-state index contributed by atoms with van der Waals surface area (Å²) in [6.07, 6.45) is -1.09. The number of Topliss-reactive ketones (excluding diaryl/α,β-unsaturated/α-hetero) is 1. The van der Waals surface area contributed by atoms with E-state index in [0.29, 0.717) is 36.8 Å². The summed E-state index contributed by atoms with van der Waals surface area (Å²) >= 11 is 42.2. The van der Waals surface area contributed by atoms with Crippen LogP contribution in [0.1, 0.15) is 103 Å². The third-order valence-corrected chi connectivity index (χ3v) is 13.2. The summed E-state index contributed by atoms with van der Waals surface area (Å²) in [5.74, 6) is -1.30. The summed E-state index contributed by atoms with van der Waals surface area (Å²) in [6, 6.07) is 25.8. The van der Waals surface area contributed by atoms with Gasteiger partial charge in [0.1, 0.15) is 0 Å². The molecule has 0 saturated carbocycles. The number of carbonyl (C=O) groups is 3. The third-order valence-electron chi connectivity index (χ3n) is 9.61. The SMILES string of the molecule is CC(=O)c1ccc(Br)cc1Cl.CC(O)c1ccc(B2OC(C)(C)C(C)(C)O2)cc1Cl.CC(O)c1ccc(Br)cc1Cl.CON(C)C(=O)c1ccc(Br)cc1Cl.O=C(O)c1ccc(Br)cc1Cl.[Br-].[CH3-].[Mg+2]. The zero-order valence-corrected chi connectivity index (χ0v) is 52.2. The van der Waals surface area contributed by atoms with Crippen molar-refractivity contribution in [3.05, 3.63) is 169 Å². The molecule has 6 rings (SSSR count). The maximum absolute atomic E-state index is 11.6. The Hall–Kier alpha value is -0.809. The van der Waals surface area contributed by atoms with E-state index in [0.717, 1.165) is 34.0 Å². The van der Waals surface area contributed by atoms with Crippen molar-refractivity contribution in [3.8, 4) is 0 Å². The molecule has 3 N–H and O–H groups in total. The van der Waals surface area contributed by atoms with E-state index in [1.165, 1.54) is 27.1 Å². The van der Waals surface area contributed by atoms with E-state index in [9.17, 15) is 24.6 Å². The van der Waals surface area contributed by atoms with Crippen LogP contribution in [-0.4, -0.2) is 93.6 Å². The molecule has 1 aliphatic heterocycles. The first-order valence-corrected chi connectivity index (χ1v) is 24.5. The van der Waals surface area contributed by atoms with Crippen molar-refractivity contribution in [1.29, 1.82) is 0 Å². The largest absolute Gasteiger partial charge is 2.00 e. The van der Waals surface area contributed by atoms with E-state index < -0.39 is 25.3 Å². The Morgan fingerprint density at radius 2 is 0.957 bits per heavy atom. The minimum atomic E-state index is -1.01. The van der Waals surface area contributed by atoms with Crippen molar-refractivity contribution in [2.24, 2.45) is 0 Å². The fourth-order valence-electron chi connectivity index (χ4n) is 5.20. The zero-order chi connectivity index (χ0) is 50.4. The second kappa shape index (κ2) is 32.5. The number of aromatic carboxylic acids is 1. The molecule has 1 amide bonds. The molecule has 0 bridgehead atoms. The van der Waals surface area contributed by atoms with Gasteiger partial charge in [-0.25, -0.2) is 9.86 Å². The Morgan fingerprint density at radius 1 is 0.623 bits per heavy atom. The van der Waals surface area contributed by atoms with Crippen LogP contribution in [0.25, 0.3) is 0 Å². The number of amides is 1. The van der Waals surface area contributed by atoms with Gasteiger partial charge in [-0.15, -0.1) is 0 Å². The number of benzene rings is 5. The Bertz CT molecular complexity index is 2410. The number of nitrogens with zero attached hydrogens (tertiary/aromatic N) is 1. The monoisotopic (exact) mass is 1380 g/mol. The molecule has 5 aromatic rings. The predicted molar refractivity (Wildman–Crippen MR) is 293 cm³/mol. The van der Waals surface area contributed by atoms with Crippen molar-refractivity contribution in [1.82, 2.24) is 5.06 Å².